The summed E-state index contributed by atoms with van der Waals surface area (Å²) in [5.41, 5.74) is 18.2. The van der Waals surface area contributed by atoms with Crippen molar-refractivity contribution in [3.63, 3.8) is 0 Å². The summed E-state index contributed by atoms with van der Waals surface area (Å²) >= 11 is 1.90. The van der Waals surface area contributed by atoms with Crippen molar-refractivity contribution in [3.05, 3.63) is 259 Å². The van der Waals surface area contributed by atoms with Gasteiger partial charge in [0.2, 0.25) is 0 Å². The van der Waals surface area contributed by atoms with Crippen LogP contribution in [0.2, 0.25) is 0 Å². The first kappa shape index (κ1) is 35.5. The van der Waals surface area contributed by atoms with E-state index >= 15 is 0 Å². The molecule has 2 aliphatic rings. The van der Waals surface area contributed by atoms with E-state index in [1.165, 1.54) is 87.3 Å². The monoisotopic (exact) mass is 793 g/mol. The van der Waals surface area contributed by atoms with E-state index < -0.39 is 5.41 Å². The van der Waals surface area contributed by atoms with Crippen LogP contribution in [0.4, 0.5) is 17.1 Å². The number of rotatable bonds is 6. The highest BCUT2D eigenvalue weighted by Gasteiger charge is 2.51. The van der Waals surface area contributed by atoms with Crippen LogP contribution in [0, 0.1) is 0 Å². The highest BCUT2D eigenvalue weighted by molar-refractivity contribution is 7.99. The Morgan fingerprint density at radius 2 is 0.803 bits per heavy atom. The minimum absolute atomic E-state index is 0.464. The Kier molecular flexibility index (Phi) is 8.40. The molecule has 0 radical (unpaired) electrons. The molecule has 10 aromatic carbocycles. The van der Waals surface area contributed by atoms with Gasteiger partial charge in [0.1, 0.15) is 0 Å². The third-order valence-corrected chi connectivity index (χ3v) is 13.9. The molecular weight excluding hydrogens is 755 g/mol. The number of nitrogens with zero attached hydrogens (tertiary/aromatic N) is 1. The average Bonchev–Trinajstić information content (AvgIpc) is 3.63. The van der Waals surface area contributed by atoms with Crippen molar-refractivity contribution in [3.8, 4) is 44.5 Å². The summed E-state index contributed by atoms with van der Waals surface area (Å²) in [7, 11) is 0. The molecular formula is C59H39NS. The van der Waals surface area contributed by atoms with Gasteiger partial charge in [-0.2, -0.15) is 0 Å². The van der Waals surface area contributed by atoms with Crippen molar-refractivity contribution in [1.82, 2.24) is 0 Å². The van der Waals surface area contributed by atoms with Gasteiger partial charge in [-0.05, 0) is 126 Å². The fraction of sp³-hybridized carbons (Fsp3) is 0.0169. The molecule has 10 aromatic rings. The molecule has 0 N–H and O–H groups in total. The lowest BCUT2D eigenvalue weighted by Gasteiger charge is -2.40. The van der Waals surface area contributed by atoms with Gasteiger partial charge in [0.15, 0.2) is 0 Å². The fourth-order valence-electron chi connectivity index (χ4n) is 10.1. The maximum Gasteiger partial charge on any atom is 0.0741 e. The van der Waals surface area contributed by atoms with Gasteiger partial charge in [-0.25, -0.2) is 0 Å². The fourth-order valence-corrected chi connectivity index (χ4v) is 11.3. The molecule has 0 saturated carbocycles. The molecule has 0 saturated heterocycles. The topological polar surface area (TPSA) is 3.24 Å². The summed E-state index contributed by atoms with van der Waals surface area (Å²) < 4.78 is 0. The third-order valence-electron chi connectivity index (χ3n) is 12.7. The standard InChI is InChI=1S/C59H39NS/c1-3-14-40(15-4-1)42-26-33-46(34-27-42)60(47-35-28-43(29-36-47)41-16-5-2-6-17-41)48-37-30-45(31-38-48)49-21-13-24-54-57(49)51-20-9-10-22-52(51)59(54)53-23-11-12-25-55(53)61-56-39-32-44-18-7-8-19-50(44)58(56)59/h1-39H. The van der Waals surface area contributed by atoms with Crippen LogP contribution in [0.3, 0.4) is 0 Å². The van der Waals surface area contributed by atoms with Crippen LogP contribution in [-0.2, 0) is 5.41 Å². The van der Waals surface area contributed by atoms with Gasteiger partial charge in [0, 0.05) is 26.9 Å². The molecule has 1 aliphatic heterocycles. The lowest BCUT2D eigenvalue weighted by Crippen LogP contribution is -2.32. The Morgan fingerprint density at radius 1 is 0.311 bits per heavy atom. The molecule has 1 unspecified atom stereocenters. The van der Waals surface area contributed by atoms with Crippen LogP contribution >= 0.6 is 11.8 Å². The van der Waals surface area contributed by atoms with Crippen LogP contribution in [0.25, 0.3) is 55.3 Å². The van der Waals surface area contributed by atoms with Crippen molar-refractivity contribution >= 4 is 39.6 Å². The quantitative estimate of drug-likeness (QED) is 0.165. The number of anilines is 3. The molecule has 286 valence electrons. The predicted molar refractivity (Wildman–Crippen MR) is 256 cm³/mol. The van der Waals surface area contributed by atoms with Gasteiger partial charge in [0.05, 0.1) is 5.41 Å². The largest absolute Gasteiger partial charge is 0.311 e. The lowest BCUT2D eigenvalue weighted by molar-refractivity contribution is 0.731. The molecule has 2 heteroatoms. The molecule has 1 spiro atoms. The molecule has 1 nitrogen and oxygen atoms in total. The van der Waals surface area contributed by atoms with E-state index in [1.54, 1.807) is 0 Å². The second kappa shape index (κ2) is 14.4. The third kappa shape index (κ3) is 5.64. The van der Waals surface area contributed by atoms with Gasteiger partial charge in [-0.3, -0.25) is 0 Å². The van der Waals surface area contributed by atoms with Crippen molar-refractivity contribution in [2.75, 3.05) is 4.90 Å². The summed E-state index contributed by atoms with van der Waals surface area (Å²) in [6.45, 7) is 0. The van der Waals surface area contributed by atoms with Crippen LogP contribution in [0.15, 0.2) is 246 Å². The molecule has 1 aliphatic carbocycles. The normalized spacial score (nSPS) is 14.6. The van der Waals surface area contributed by atoms with E-state index in [2.05, 4.69) is 241 Å². The Balaban J connectivity index is 1.01. The van der Waals surface area contributed by atoms with Gasteiger partial charge < -0.3 is 4.90 Å². The van der Waals surface area contributed by atoms with E-state index in [9.17, 15) is 0 Å². The van der Waals surface area contributed by atoms with E-state index in [0.29, 0.717) is 0 Å². The molecule has 61 heavy (non-hydrogen) atoms. The van der Waals surface area contributed by atoms with Crippen molar-refractivity contribution < 1.29 is 0 Å². The van der Waals surface area contributed by atoms with E-state index in [-0.39, 0.29) is 0 Å². The van der Waals surface area contributed by atoms with Crippen LogP contribution in [-0.4, -0.2) is 0 Å². The number of fused-ring (bicyclic) bond motifs is 11. The first-order valence-electron chi connectivity index (χ1n) is 21.0. The molecule has 0 bridgehead atoms. The highest BCUT2D eigenvalue weighted by atomic mass is 32.2. The van der Waals surface area contributed by atoms with Crippen LogP contribution < -0.4 is 4.90 Å². The SMILES string of the molecule is c1ccc(-c2ccc(N(c3ccc(-c4ccccc4)cc3)c3ccc(-c4cccc5c4-c4ccccc4C54c5ccccc5Sc5ccc6ccccc6c54)cc3)cc2)cc1. The first-order valence-corrected chi connectivity index (χ1v) is 21.8. The van der Waals surface area contributed by atoms with Gasteiger partial charge in [-0.15, -0.1) is 0 Å². The van der Waals surface area contributed by atoms with Crippen molar-refractivity contribution in [2.45, 2.75) is 15.2 Å². The molecule has 12 rings (SSSR count). The zero-order chi connectivity index (χ0) is 40.3. The zero-order valence-electron chi connectivity index (χ0n) is 33.4. The van der Waals surface area contributed by atoms with Gasteiger partial charge >= 0.3 is 0 Å². The maximum absolute atomic E-state index is 2.39. The molecule has 1 heterocycles. The van der Waals surface area contributed by atoms with Crippen LogP contribution in [0.5, 0.6) is 0 Å². The Hall–Kier alpha value is -7.39. The number of hydrogen-bond acceptors (Lipinski definition) is 2. The summed E-state index contributed by atoms with van der Waals surface area (Å²) in [5.74, 6) is 0. The van der Waals surface area contributed by atoms with E-state index in [4.69, 9.17) is 0 Å². The Bertz CT molecular complexity index is 3160. The van der Waals surface area contributed by atoms with E-state index in [1.807, 2.05) is 11.8 Å². The van der Waals surface area contributed by atoms with Crippen LogP contribution in [0.1, 0.15) is 22.3 Å². The lowest BCUT2D eigenvalue weighted by atomic mass is 9.66. The first-order chi connectivity index (χ1) is 30.3. The summed E-state index contributed by atoms with van der Waals surface area (Å²) in [4.78, 5) is 5.01. The number of benzene rings is 10. The van der Waals surface area contributed by atoms with Crippen molar-refractivity contribution in [2.24, 2.45) is 0 Å². The Morgan fingerprint density at radius 3 is 1.46 bits per heavy atom. The Labute approximate surface area is 361 Å². The van der Waals surface area contributed by atoms with E-state index in [0.717, 1.165) is 17.1 Å². The average molecular weight is 794 g/mol. The minimum atomic E-state index is -0.464. The molecule has 0 fully saturated rings. The van der Waals surface area contributed by atoms with Gasteiger partial charge in [-0.1, -0.05) is 200 Å². The van der Waals surface area contributed by atoms with Gasteiger partial charge in [0.25, 0.3) is 0 Å². The van der Waals surface area contributed by atoms with Crippen molar-refractivity contribution in [1.29, 1.82) is 0 Å². The highest BCUT2D eigenvalue weighted by Crippen LogP contribution is 2.64. The second-order valence-electron chi connectivity index (χ2n) is 16.0. The molecule has 0 aromatic heterocycles. The maximum atomic E-state index is 2.39. The smallest absolute Gasteiger partial charge is 0.0741 e. The predicted octanol–water partition coefficient (Wildman–Crippen LogP) is 16.1. The zero-order valence-corrected chi connectivity index (χ0v) is 34.2. The molecule has 0 amide bonds. The second-order valence-corrected chi connectivity index (χ2v) is 17.1. The minimum Gasteiger partial charge on any atom is -0.311 e. The summed E-state index contributed by atoms with van der Waals surface area (Å²) in [5, 5.41) is 2.58. The number of hydrogen-bond donors (Lipinski definition) is 0. The molecule has 1 atom stereocenters. The summed E-state index contributed by atoms with van der Waals surface area (Å²) in [6.07, 6.45) is 0. The summed E-state index contributed by atoms with van der Waals surface area (Å²) in [6, 6.07) is 87.1.